The third-order valence-electron chi connectivity index (χ3n) is 3.85. The number of halogens is 2. The first kappa shape index (κ1) is 16.5. The highest BCUT2D eigenvalue weighted by Gasteiger charge is 2.21. The average molecular weight is 269 g/mol. The molecule has 98 valence electrons. The molecule has 4 heteroatoms. The van der Waals surface area contributed by atoms with E-state index in [0.717, 1.165) is 12.1 Å². The zero-order valence-electron chi connectivity index (χ0n) is 9.99. The lowest BCUT2D eigenvalue weighted by atomic mass is 9.89. The van der Waals surface area contributed by atoms with Gasteiger partial charge in [0.1, 0.15) is 0 Å². The van der Waals surface area contributed by atoms with Crippen LogP contribution in [-0.4, -0.2) is 18.1 Å². The molecule has 0 aromatic carbocycles. The van der Waals surface area contributed by atoms with Gasteiger partial charge in [-0.15, -0.1) is 24.8 Å². The van der Waals surface area contributed by atoms with E-state index in [9.17, 15) is 0 Å². The Balaban J connectivity index is 0.00000112. The average Bonchev–Trinajstić information content (AvgIpc) is 2.23. The smallest absolute Gasteiger partial charge is 0.00708 e. The standard InChI is InChI=1S/C12H24N2.2ClH/c13-10-6-8-12(9-7-10)14-11-4-2-1-3-5-11;;/h10-12,14H,1-9,13H2;2*1H. The predicted molar refractivity (Wildman–Crippen MR) is 74.7 cm³/mol. The van der Waals surface area contributed by atoms with Crippen LogP contribution in [-0.2, 0) is 0 Å². The molecule has 0 aromatic rings. The van der Waals surface area contributed by atoms with E-state index in [1.54, 1.807) is 0 Å². The van der Waals surface area contributed by atoms with Crippen molar-refractivity contribution in [1.82, 2.24) is 5.32 Å². The first-order valence-corrected chi connectivity index (χ1v) is 6.36. The number of hydrogen-bond acceptors (Lipinski definition) is 2. The van der Waals surface area contributed by atoms with Gasteiger partial charge in [-0.2, -0.15) is 0 Å². The fourth-order valence-corrected chi connectivity index (χ4v) is 2.89. The van der Waals surface area contributed by atoms with Crippen molar-refractivity contribution in [2.24, 2.45) is 5.73 Å². The van der Waals surface area contributed by atoms with E-state index in [0.29, 0.717) is 6.04 Å². The molecule has 0 heterocycles. The van der Waals surface area contributed by atoms with Gasteiger partial charge in [0.2, 0.25) is 0 Å². The van der Waals surface area contributed by atoms with Crippen molar-refractivity contribution < 1.29 is 0 Å². The Hall–Kier alpha value is 0.500. The summed E-state index contributed by atoms with van der Waals surface area (Å²) in [6.45, 7) is 0. The van der Waals surface area contributed by atoms with Crippen molar-refractivity contribution in [2.75, 3.05) is 0 Å². The predicted octanol–water partition coefficient (Wildman–Crippen LogP) is 3.02. The monoisotopic (exact) mass is 268 g/mol. The Labute approximate surface area is 112 Å². The molecule has 2 nitrogen and oxygen atoms in total. The van der Waals surface area contributed by atoms with Gasteiger partial charge in [0.25, 0.3) is 0 Å². The normalized spacial score (nSPS) is 31.3. The Morgan fingerprint density at radius 2 is 1.19 bits per heavy atom. The van der Waals surface area contributed by atoms with Gasteiger partial charge >= 0.3 is 0 Å². The number of hydrogen-bond donors (Lipinski definition) is 2. The maximum atomic E-state index is 5.90. The molecule has 0 bridgehead atoms. The summed E-state index contributed by atoms with van der Waals surface area (Å²) >= 11 is 0. The summed E-state index contributed by atoms with van der Waals surface area (Å²) in [5.74, 6) is 0. The van der Waals surface area contributed by atoms with E-state index in [2.05, 4.69) is 5.32 Å². The molecule has 0 radical (unpaired) electrons. The first-order valence-electron chi connectivity index (χ1n) is 6.36. The maximum absolute atomic E-state index is 5.90. The highest BCUT2D eigenvalue weighted by molar-refractivity contribution is 5.85. The van der Waals surface area contributed by atoms with Crippen molar-refractivity contribution in [3.63, 3.8) is 0 Å². The summed E-state index contributed by atoms with van der Waals surface area (Å²) in [4.78, 5) is 0. The van der Waals surface area contributed by atoms with E-state index < -0.39 is 0 Å². The largest absolute Gasteiger partial charge is 0.328 e. The molecule has 0 atom stereocenters. The topological polar surface area (TPSA) is 38.0 Å². The third-order valence-corrected chi connectivity index (χ3v) is 3.85. The Bertz CT molecular complexity index is 164. The van der Waals surface area contributed by atoms with E-state index in [1.807, 2.05) is 0 Å². The summed E-state index contributed by atoms with van der Waals surface area (Å²) in [6, 6.07) is 2.08. The van der Waals surface area contributed by atoms with E-state index in [-0.39, 0.29) is 24.8 Å². The number of nitrogens with two attached hydrogens (primary N) is 1. The Kier molecular flexibility index (Phi) is 8.84. The minimum atomic E-state index is 0. The molecule has 2 rings (SSSR count). The lowest BCUT2D eigenvalue weighted by molar-refractivity contribution is 0.279. The van der Waals surface area contributed by atoms with Gasteiger partial charge < -0.3 is 11.1 Å². The Morgan fingerprint density at radius 3 is 1.75 bits per heavy atom. The molecule has 2 aliphatic carbocycles. The SMILES string of the molecule is Cl.Cl.NC1CCC(NC2CCCCC2)CC1. The molecule has 3 N–H and O–H groups in total. The summed E-state index contributed by atoms with van der Waals surface area (Å²) in [7, 11) is 0. The van der Waals surface area contributed by atoms with Crippen molar-refractivity contribution in [3.05, 3.63) is 0 Å². The van der Waals surface area contributed by atoms with Crippen LogP contribution >= 0.6 is 24.8 Å². The Morgan fingerprint density at radius 1 is 0.688 bits per heavy atom. The van der Waals surface area contributed by atoms with Crippen molar-refractivity contribution in [3.8, 4) is 0 Å². The molecule has 2 fully saturated rings. The van der Waals surface area contributed by atoms with Crippen LogP contribution in [0, 0.1) is 0 Å². The van der Waals surface area contributed by atoms with Crippen molar-refractivity contribution >= 4 is 24.8 Å². The number of nitrogens with one attached hydrogen (secondary N) is 1. The highest BCUT2D eigenvalue weighted by Crippen LogP contribution is 2.22. The van der Waals surface area contributed by atoms with Crippen LogP contribution in [0.1, 0.15) is 57.8 Å². The molecule has 0 amide bonds. The lowest BCUT2D eigenvalue weighted by Gasteiger charge is -2.32. The van der Waals surface area contributed by atoms with Gasteiger partial charge in [-0.1, -0.05) is 19.3 Å². The zero-order chi connectivity index (χ0) is 9.80. The van der Waals surface area contributed by atoms with Gasteiger partial charge in [-0.25, -0.2) is 0 Å². The van der Waals surface area contributed by atoms with Gasteiger partial charge in [-0.05, 0) is 38.5 Å². The van der Waals surface area contributed by atoms with E-state index >= 15 is 0 Å². The molecule has 0 saturated heterocycles. The van der Waals surface area contributed by atoms with Crippen LogP contribution in [0.25, 0.3) is 0 Å². The van der Waals surface area contributed by atoms with Crippen molar-refractivity contribution in [2.45, 2.75) is 75.9 Å². The molecule has 2 saturated carbocycles. The van der Waals surface area contributed by atoms with Crippen molar-refractivity contribution in [1.29, 1.82) is 0 Å². The minimum Gasteiger partial charge on any atom is -0.328 e. The minimum absolute atomic E-state index is 0. The van der Waals surface area contributed by atoms with Crippen LogP contribution in [0.2, 0.25) is 0 Å². The molecule has 0 aliphatic heterocycles. The molecule has 16 heavy (non-hydrogen) atoms. The van der Waals surface area contributed by atoms with Crippen LogP contribution in [0.15, 0.2) is 0 Å². The summed E-state index contributed by atoms with van der Waals surface area (Å²) in [5.41, 5.74) is 5.90. The van der Waals surface area contributed by atoms with Crippen LogP contribution in [0.3, 0.4) is 0 Å². The second-order valence-electron chi connectivity index (χ2n) is 5.11. The fraction of sp³-hybridized carbons (Fsp3) is 1.00. The quantitative estimate of drug-likeness (QED) is 0.808. The molecule has 0 spiro atoms. The van der Waals surface area contributed by atoms with E-state index in [4.69, 9.17) is 5.73 Å². The van der Waals surface area contributed by atoms with Gasteiger partial charge in [0.05, 0.1) is 0 Å². The molecular formula is C12H26Cl2N2. The van der Waals surface area contributed by atoms with Gasteiger partial charge in [0, 0.05) is 18.1 Å². The molecular weight excluding hydrogens is 243 g/mol. The highest BCUT2D eigenvalue weighted by atomic mass is 35.5. The second-order valence-corrected chi connectivity index (χ2v) is 5.11. The lowest BCUT2D eigenvalue weighted by Crippen LogP contribution is -2.43. The summed E-state index contributed by atoms with van der Waals surface area (Å²) in [5, 5.41) is 3.82. The van der Waals surface area contributed by atoms with Gasteiger partial charge in [-0.3, -0.25) is 0 Å². The molecule has 0 aromatic heterocycles. The fourth-order valence-electron chi connectivity index (χ4n) is 2.89. The molecule has 0 unspecified atom stereocenters. The summed E-state index contributed by atoms with van der Waals surface area (Å²) in [6.07, 6.45) is 12.2. The summed E-state index contributed by atoms with van der Waals surface area (Å²) < 4.78 is 0. The second kappa shape index (κ2) is 8.57. The van der Waals surface area contributed by atoms with Crippen LogP contribution in [0.5, 0.6) is 0 Å². The number of rotatable bonds is 2. The van der Waals surface area contributed by atoms with Gasteiger partial charge in [0.15, 0.2) is 0 Å². The maximum Gasteiger partial charge on any atom is 0.00708 e. The first-order chi connectivity index (χ1) is 6.84. The third kappa shape index (κ3) is 5.22. The van der Waals surface area contributed by atoms with Crippen LogP contribution in [0.4, 0.5) is 0 Å². The molecule has 2 aliphatic rings. The van der Waals surface area contributed by atoms with E-state index in [1.165, 1.54) is 57.8 Å². The zero-order valence-corrected chi connectivity index (χ0v) is 11.6. The van der Waals surface area contributed by atoms with Crippen LogP contribution < -0.4 is 11.1 Å².